The number of hydrogen-bond acceptors (Lipinski definition) is 5. The molecule has 2 aromatic rings. The number of hydrogen-bond donors (Lipinski definition) is 2. The van der Waals surface area contributed by atoms with Crippen molar-refractivity contribution in [3.63, 3.8) is 0 Å². The molecule has 1 amide bonds. The Morgan fingerprint density at radius 1 is 1.33 bits per heavy atom. The average molecular weight is 327 g/mol. The topological polar surface area (TPSA) is 105 Å². The number of nitrogens with one attached hydrogen (secondary N) is 1. The van der Waals surface area contributed by atoms with Crippen molar-refractivity contribution in [2.24, 2.45) is 11.7 Å². The Kier molecular flexibility index (Phi) is 5.42. The molecule has 0 aliphatic heterocycles. The predicted octanol–water partition coefficient (Wildman–Crippen LogP) is 1.86. The fraction of sp³-hybridized carbons (Fsp3) is 0.294. The molecule has 1 unspecified atom stereocenters. The average Bonchev–Trinajstić information content (AvgIpc) is 2.56. The third-order valence-electron chi connectivity index (χ3n) is 3.88. The van der Waals surface area contributed by atoms with Crippen molar-refractivity contribution in [2.75, 3.05) is 11.9 Å². The fourth-order valence-corrected chi connectivity index (χ4v) is 2.27. The molecule has 124 valence electrons. The number of aryl methyl sites for hydroxylation is 1. The van der Waals surface area contributed by atoms with Crippen LogP contribution in [0.15, 0.2) is 24.3 Å². The molecule has 0 saturated heterocycles. The first-order valence-electron chi connectivity index (χ1n) is 7.44. The van der Waals surface area contributed by atoms with E-state index in [2.05, 4.69) is 21.6 Å². The lowest BCUT2D eigenvalue weighted by Crippen LogP contribution is -2.31. The van der Waals surface area contributed by atoms with Crippen LogP contribution in [-0.4, -0.2) is 22.6 Å². The summed E-state index contributed by atoms with van der Waals surface area (Å²) in [6, 6.07) is 7.99. The van der Waals surface area contributed by atoms with E-state index >= 15 is 0 Å². The number of carbonyl (C=O) groups is 1. The van der Waals surface area contributed by atoms with E-state index in [0.29, 0.717) is 23.5 Å². The van der Waals surface area contributed by atoms with Crippen LogP contribution in [0.5, 0.6) is 0 Å². The monoisotopic (exact) mass is 327 g/mol. The lowest BCUT2D eigenvalue weighted by Gasteiger charge is -2.16. The van der Waals surface area contributed by atoms with Crippen LogP contribution in [0.3, 0.4) is 0 Å². The summed E-state index contributed by atoms with van der Waals surface area (Å²) in [5.41, 5.74) is 8.06. The van der Waals surface area contributed by atoms with Gasteiger partial charge in [0.1, 0.15) is 17.4 Å². The maximum atomic E-state index is 13.0. The fourth-order valence-electron chi connectivity index (χ4n) is 2.27. The Hall–Kier alpha value is -3.01. The molecule has 3 N–H and O–H groups in total. The van der Waals surface area contributed by atoms with Gasteiger partial charge in [0.15, 0.2) is 5.82 Å². The number of nitrogens with two attached hydrogens (primary N) is 1. The molecule has 0 bridgehead atoms. The van der Waals surface area contributed by atoms with E-state index in [0.717, 1.165) is 11.1 Å². The first-order valence-corrected chi connectivity index (χ1v) is 7.44. The van der Waals surface area contributed by atoms with Gasteiger partial charge in [0, 0.05) is 6.54 Å². The SMILES string of the molecule is Cc1nnc(NCC(Cc2ccc(F)cc2)C(N)=O)c(C#N)c1C. The van der Waals surface area contributed by atoms with Gasteiger partial charge in [0.2, 0.25) is 5.91 Å². The van der Waals surface area contributed by atoms with E-state index in [1.807, 2.05) is 0 Å². The molecule has 0 aliphatic carbocycles. The van der Waals surface area contributed by atoms with E-state index in [-0.39, 0.29) is 12.4 Å². The van der Waals surface area contributed by atoms with Gasteiger partial charge in [-0.05, 0) is 43.5 Å². The number of benzene rings is 1. The van der Waals surface area contributed by atoms with Crippen molar-refractivity contribution in [1.82, 2.24) is 10.2 Å². The van der Waals surface area contributed by atoms with Gasteiger partial charge >= 0.3 is 0 Å². The molecule has 1 aromatic heterocycles. The van der Waals surface area contributed by atoms with Crippen molar-refractivity contribution in [2.45, 2.75) is 20.3 Å². The molecule has 1 heterocycles. The Bertz CT molecular complexity index is 783. The number of nitrogens with zero attached hydrogens (tertiary/aromatic N) is 3. The van der Waals surface area contributed by atoms with Crippen molar-refractivity contribution < 1.29 is 9.18 Å². The highest BCUT2D eigenvalue weighted by Crippen LogP contribution is 2.18. The molecule has 0 fully saturated rings. The number of aromatic nitrogens is 2. The number of nitriles is 1. The largest absolute Gasteiger partial charge is 0.369 e. The number of rotatable bonds is 6. The van der Waals surface area contributed by atoms with E-state index in [1.54, 1.807) is 26.0 Å². The normalized spacial score (nSPS) is 11.6. The summed E-state index contributed by atoms with van der Waals surface area (Å²) >= 11 is 0. The summed E-state index contributed by atoms with van der Waals surface area (Å²) in [6.45, 7) is 3.77. The highest BCUT2D eigenvalue weighted by atomic mass is 19.1. The number of amides is 1. The Morgan fingerprint density at radius 2 is 2.00 bits per heavy atom. The highest BCUT2D eigenvalue weighted by Gasteiger charge is 2.18. The minimum absolute atomic E-state index is 0.207. The lowest BCUT2D eigenvalue weighted by atomic mass is 9.98. The zero-order valence-corrected chi connectivity index (χ0v) is 13.5. The first-order chi connectivity index (χ1) is 11.4. The lowest BCUT2D eigenvalue weighted by molar-refractivity contribution is -0.121. The van der Waals surface area contributed by atoms with Gasteiger partial charge in [-0.15, -0.1) is 5.10 Å². The molecular formula is C17H18FN5O. The summed E-state index contributed by atoms with van der Waals surface area (Å²) < 4.78 is 13.0. The van der Waals surface area contributed by atoms with Crippen LogP contribution in [-0.2, 0) is 11.2 Å². The van der Waals surface area contributed by atoms with Crippen LogP contribution in [0, 0.1) is 36.9 Å². The molecule has 6 nitrogen and oxygen atoms in total. The smallest absolute Gasteiger partial charge is 0.222 e. The standard InChI is InChI=1S/C17H18FN5O/c1-10-11(2)22-23-17(15(10)8-19)21-9-13(16(20)24)7-12-3-5-14(18)6-4-12/h3-6,13H,7,9H2,1-2H3,(H2,20,24)(H,21,23). The third-order valence-corrected chi connectivity index (χ3v) is 3.88. The second-order valence-electron chi connectivity index (χ2n) is 5.56. The number of halogens is 1. The summed E-state index contributed by atoms with van der Waals surface area (Å²) in [6.07, 6.45) is 0.364. The quantitative estimate of drug-likeness (QED) is 0.842. The van der Waals surface area contributed by atoms with Crippen LogP contribution in [0.25, 0.3) is 0 Å². The summed E-state index contributed by atoms with van der Waals surface area (Å²) in [4.78, 5) is 11.7. The molecule has 0 spiro atoms. The summed E-state index contributed by atoms with van der Waals surface area (Å²) in [5, 5.41) is 20.2. The van der Waals surface area contributed by atoms with Gasteiger partial charge in [-0.25, -0.2) is 4.39 Å². The Morgan fingerprint density at radius 3 is 2.58 bits per heavy atom. The number of anilines is 1. The molecule has 1 aromatic carbocycles. The maximum Gasteiger partial charge on any atom is 0.222 e. The van der Waals surface area contributed by atoms with Gasteiger partial charge in [-0.3, -0.25) is 4.79 Å². The maximum absolute atomic E-state index is 13.0. The van der Waals surface area contributed by atoms with E-state index in [4.69, 9.17) is 5.73 Å². The second kappa shape index (κ2) is 7.51. The zero-order chi connectivity index (χ0) is 17.7. The van der Waals surface area contributed by atoms with Crippen LogP contribution >= 0.6 is 0 Å². The van der Waals surface area contributed by atoms with Gasteiger partial charge in [0.25, 0.3) is 0 Å². The first kappa shape index (κ1) is 17.3. The van der Waals surface area contributed by atoms with E-state index in [9.17, 15) is 14.4 Å². The highest BCUT2D eigenvalue weighted by molar-refractivity contribution is 5.77. The van der Waals surface area contributed by atoms with E-state index in [1.165, 1.54) is 12.1 Å². The molecular weight excluding hydrogens is 309 g/mol. The molecule has 1 atom stereocenters. The molecule has 0 radical (unpaired) electrons. The van der Waals surface area contributed by atoms with Gasteiger partial charge in [0.05, 0.1) is 11.6 Å². The Labute approximate surface area is 139 Å². The van der Waals surface area contributed by atoms with Crippen molar-refractivity contribution >= 4 is 11.7 Å². The zero-order valence-electron chi connectivity index (χ0n) is 13.5. The van der Waals surface area contributed by atoms with Crippen LogP contribution < -0.4 is 11.1 Å². The van der Waals surface area contributed by atoms with Crippen LogP contribution in [0.4, 0.5) is 10.2 Å². The second-order valence-corrected chi connectivity index (χ2v) is 5.56. The Balaban J connectivity index is 2.12. The van der Waals surface area contributed by atoms with Crippen LogP contribution in [0.2, 0.25) is 0 Å². The van der Waals surface area contributed by atoms with Crippen molar-refractivity contribution in [3.8, 4) is 6.07 Å². The van der Waals surface area contributed by atoms with Gasteiger partial charge in [-0.1, -0.05) is 12.1 Å². The predicted molar refractivity (Wildman–Crippen MR) is 87.5 cm³/mol. The molecule has 24 heavy (non-hydrogen) atoms. The minimum Gasteiger partial charge on any atom is -0.369 e. The van der Waals surface area contributed by atoms with Crippen molar-refractivity contribution in [1.29, 1.82) is 5.26 Å². The molecule has 0 saturated carbocycles. The summed E-state index contributed by atoms with van der Waals surface area (Å²) in [7, 11) is 0. The number of carbonyl (C=O) groups excluding carboxylic acids is 1. The number of primary amides is 1. The summed E-state index contributed by atoms with van der Waals surface area (Å²) in [5.74, 6) is -1.02. The van der Waals surface area contributed by atoms with Crippen molar-refractivity contribution in [3.05, 3.63) is 52.5 Å². The van der Waals surface area contributed by atoms with E-state index < -0.39 is 11.8 Å². The third kappa shape index (κ3) is 4.04. The molecule has 0 aliphatic rings. The van der Waals surface area contributed by atoms with Gasteiger partial charge in [-0.2, -0.15) is 10.4 Å². The van der Waals surface area contributed by atoms with Gasteiger partial charge < -0.3 is 11.1 Å². The van der Waals surface area contributed by atoms with Crippen LogP contribution in [0.1, 0.15) is 22.4 Å². The minimum atomic E-state index is -0.523. The molecule has 2 rings (SSSR count). The molecule has 7 heteroatoms.